The summed E-state index contributed by atoms with van der Waals surface area (Å²) in [7, 11) is 0. The number of nitrogens with two attached hydrogens (primary N) is 2. The normalized spacial score (nSPS) is 19.1. The summed E-state index contributed by atoms with van der Waals surface area (Å²) < 4.78 is 0. The van der Waals surface area contributed by atoms with Crippen LogP contribution < -0.4 is 16.8 Å². The van der Waals surface area contributed by atoms with Crippen LogP contribution in [0.1, 0.15) is 69.4 Å². The Bertz CT molecular complexity index is 1560. The Morgan fingerprint density at radius 2 is 1.40 bits per heavy atom. The number of hydrogen-bond acceptors (Lipinski definition) is 4. The molecule has 0 radical (unpaired) electrons. The SMILES string of the molecule is C=CC(=O)N1CCCC(c2ccc(C(N)=O)c3[nH]ccc23)C1.NC(=O)c1ccc(C2CCCNC2)c2cc[nH]c12. The summed E-state index contributed by atoms with van der Waals surface area (Å²) in [6.07, 6.45) is 9.44. The molecular weight excluding hydrogens is 504 g/mol. The average Bonchev–Trinajstić information content (AvgIpc) is 3.67. The van der Waals surface area contributed by atoms with E-state index in [4.69, 9.17) is 11.5 Å². The molecule has 2 aromatic heterocycles. The van der Waals surface area contributed by atoms with E-state index < -0.39 is 5.91 Å². The first-order valence-corrected chi connectivity index (χ1v) is 13.8. The standard InChI is InChI=1S/C17H19N3O2.C14H17N3O/c1-2-15(21)20-9-3-4-11(10-20)12-5-6-14(17(18)22)16-13(12)7-8-19-16;15-14(18)12-4-3-10(9-2-1-6-16-8-9)11-5-7-17-13(11)12/h2,5-8,11,19H,1,3-4,9-10H2,(H2,18,22);3-5,7,9,16-17H,1-2,6,8H2,(H2,15,18). The van der Waals surface area contributed by atoms with E-state index in [0.717, 1.165) is 59.8 Å². The zero-order valence-corrected chi connectivity index (χ0v) is 22.5. The molecule has 40 heavy (non-hydrogen) atoms. The molecule has 208 valence electrons. The van der Waals surface area contributed by atoms with Crippen LogP contribution in [-0.4, -0.2) is 58.8 Å². The van der Waals surface area contributed by atoms with Gasteiger partial charge in [0.1, 0.15) is 0 Å². The van der Waals surface area contributed by atoms with Crippen molar-refractivity contribution < 1.29 is 14.4 Å². The number of piperidine rings is 2. The van der Waals surface area contributed by atoms with Crippen LogP contribution in [0, 0.1) is 0 Å². The molecule has 6 rings (SSSR count). The van der Waals surface area contributed by atoms with Crippen molar-refractivity contribution >= 4 is 39.5 Å². The largest absolute Gasteiger partial charge is 0.366 e. The summed E-state index contributed by atoms with van der Waals surface area (Å²) in [6, 6.07) is 11.6. The number of carbonyl (C=O) groups is 3. The molecule has 9 heteroatoms. The van der Waals surface area contributed by atoms with E-state index >= 15 is 0 Å². The third-order valence-electron chi connectivity index (χ3n) is 8.13. The lowest BCUT2D eigenvalue weighted by atomic mass is 9.87. The zero-order chi connectivity index (χ0) is 28.2. The van der Waals surface area contributed by atoms with Crippen LogP contribution in [0.2, 0.25) is 0 Å². The lowest BCUT2D eigenvalue weighted by Crippen LogP contribution is -2.38. The number of H-pyrrole nitrogens is 2. The number of nitrogens with one attached hydrogen (secondary N) is 3. The first kappa shape index (κ1) is 27.2. The van der Waals surface area contributed by atoms with Gasteiger partial charge in [-0.2, -0.15) is 0 Å². The van der Waals surface area contributed by atoms with Crippen LogP contribution in [-0.2, 0) is 4.79 Å². The van der Waals surface area contributed by atoms with Gasteiger partial charge in [-0.05, 0) is 79.6 Å². The molecule has 3 amide bonds. The number of benzene rings is 2. The van der Waals surface area contributed by atoms with Gasteiger partial charge in [-0.3, -0.25) is 14.4 Å². The fraction of sp³-hybridized carbons (Fsp3) is 0.323. The molecule has 2 unspecified atom stereocenters. The molecule has 0 saturated carbocycles. The summed E-state index contributed by atoms with van der Waals surface area (Å²) in [5, 5.41) is 5.56. The fourth-order valence-electron chi connectivity index (χ4n) is 6.16. The Balaban J connectivity index is 0.000000164. The summed E-state index contributed by atoms with van der Waals surface area (Å²) in [6.45, 7) is 7.13. The summed E-state index contributed by atoms with van der Waals surface area (Å²) >= 11 is 0. The lowest BCUT2D eigenvalue weighted by molar-refractivity contribution is -0.127. The van der Waals surface area contributed by atoms with Crippen LogP contribution in [0.25, 0.3) is 21.8 Å². The highest BCUT2D eigenvalue weighted by Crippen LogP contribution is 2.34. The number of rotatable bonds is 5. The molecule has 0 aliphatic carbocycles. The maximum absolute atomic E-state index is 11.8. The van der Waals surface area contributed by atoms with Crippen molar-refractivity contribution in [3.8, 4) is 0 Å². The molecule has 2 saturated heterocycles. The molecule has 0 spiro atoms. The highest BCUT2D eigenvalue weighted by Gasteiger charge is 2.26. The van der Waals surface area contributed by atoms with Crippen molar-refractivity contribution in [2.24, 2.45) is 11.5 Å². The number of fused-ring (bicyclic) bond motifs is 2. The van der Waals surface area contributed by atoms with E-state index in [1.54, 1.807) is 6.07 Å². The first-order chi connectivity index (χ1) is 19.4. The lowest BCUT2D eigenvalue weighted by Gasteiger charge is -2.32. The van der Waals surface area contributed by atoms with E-state index in [0.29, 0.717) is 23.6 Å². The van der Waals surface area contributed by atoms with Gasteiger partial charge in [0.05, 0.1) is 22.2 Å². The maximum Gasteiger partial charge on any atom is 0.250 e. The second-order valence-corrected chi connectivity index (χ2v) is 10.5. The number of aromatic nitrogens is 2. The van der Waals surface area contributed by atoms with Crippen LogP contribution in [0.3, 0.4) is 0 Å². The predicted octanol–water partition coefficient (Wildman–Crippen LogP) is 3.89. The van der Waals surface area contributed by atoms with E-state index in [1.165, 1.54) is 24.5 Å². The second-order valence-electron chi connectivity index (χ2n) is 10.5. The van der Waals surface area contributed by atoms with Crippen LogP contribution in [0.4, 0.5) is 0 Å². The second kappa shape index (κ2) is 11.8. The van der Waals surface area contributed by atoms with Gasteiger partial charge in [0, 0.05) is 48.7 Å². The molecule has 7 N–H and O–H groups in total. The van der Waals surface area contributed by atoms with Crippen molar-refractivity contribution in [3.63, 3.8) is 0 Å². The summed E-state index contributed by atoms with van der Waals surface area (Å²) in [5.74, 6) is -0.0532. The molecule has 9 nitrogen and oxygen atoms in total. The highest BCUT2D eigenvalue weighted by molar-refractivity contribution is 6.06. The van der Waals surface area contributed by atoms with Gasteiger partial charge in [-0.1, -0.05) is 18.7 Å². The van der Waals surface area contributed by atoms with Crippen LogP contribution in [0.15, 0.2) is 61.4 Å². The number of nitrogens with zero attached hydrogens (tertiary/aromatic N) is 1. The van der Waals surface area contributed by atoms with Gasteiger partial charge in [0.25, 0.3) is 11.8 Å². The number of primary amides is 2. The minimum Gasteiger partial charge on any atom is -0.366 e. The summed E-state index contributed by atoms with van der Waals surface area (Å²) in [5.41, 5.74) is 16.0. The molecule has 0 bridgehead atoms. The van der Waals surface area contributed by atoms with Gasteiger partial charge in [0.2, 0.25) is 5.91 Å². The van der Waals surface area contributed by atoms with Crippen LogP contribution in [0.5, 0.6) is 0 Å². The van der Waals surface area contributed by atoms with Gasteiger partial charge < -0.3 is 31.7 Å². The van der Waals surface area contributed by atoms with Gasteiger partial charge in [-0.15, -0.1) is 0 Å². The maximum atomic E-state index is 11.8. The molecule has 2 atom stereocenters. The van der Waals surface area contributed by atoms with Crippen LogP contribution >= 0.6 is 0 Å². The fourth-order valence-corrected chi connectivity index (χ4v) is 6.16. The van der Waals surface area contributed by atoms with Gasteiger partial charge in [0.15, 0.2) is 0 Å². The van der Waals surface area contributed by atoms with Gasteiger partial charge in [-0.25, -0.2) is 0 Å². The topological polar surface area (TPSA) is 150 Å². The molecular formula is C31H36N6O3. The highest BCUT2D eigenvalue weighted by atomic mass is 16.2. The van der Waals surface area contributed by atoms with Crippen molar-refractivity contribution in [2.45, 2.75) is 37.5 Å². The third-order valence-corrected chi connectivity index (χ3v) is 8.13. The molecule has 2 fully saturated rings. The Labute approximate surface area is 233 Å². The molecule has 4 heterocycles. The minimum absolute atomic E-state index is 0.0243. The smallest absolute Gasteiger partial charge is 0.250 e. The van der Waals surface area contributed by atoms with E-state index in [2.05, 4.69) is 21.9 Å². The van der Waals surface area contributed by atoms with E-state index in [-0.39, 0.29) is 17.7 Å². The van der Waals surface area contributed by atoms with Gasteiger partial charge >= 0.3 is 0 Å². The Hall–Kier alpha value is -4.37. The zero-order valence-electron chi connectivity index (χ0n) is 22.5. The summed E-state index contributed by atoms with van der Waals surface area (Å²) in [4.78, 5) is 42.8. The molecule has 2 aliphatic heterocycles. The quantitative estimate of drug-likeness (QED) is 0.244. The van der Waals surface area contributed by atoms with Crippen molar-refractivity contribution in [1.82, 2.24) is 20.2 Å². The predicted molar refractivity (Wildman–Crippen MR) is 157 cm³/mol. The van der Waals surface area contributed by atoms with Crippen molar-refractivity contribution in [2.75, 3.05) is 26.2 Å². The Morgan fingerprint density at radius 3 is 1.93 bits per heavy atom. The van der Waals surface area contributed by atoms with E-state index in [1.807, 2.05) is 47.6 Å². The minimum atomic E-state index is -0.439. The number of amides is 3. The number of hydrogen-bond donors (Lipinski definition) is 5. The van der Waals surface area contributed by atoms with Crippen molar-refractivity contribution in [1.29, 1.82) is 0 Å². The number of carbonyl (C=O) groups excluding carboxylic acids is 3. The Morgan fingerprint density at radius 1 is 0.825 bits per heavy atom. The first-order valence-electron chi connectivity index (χ1n) is 13.8. The molecule has 2 aromatic carbocycles. The molecule has 4 aromatic rings. The van der Waals surface area contributed by atoms with Crippen molar-refractivity contribution in [3.05, 3.63) is 83.7 Å². The van der Waals surface area contributed by atoms with E-state index in [9.17, 15) is 14.4 Å². The number of likely N-dealkylation sites (tertiary alicyclic amines) is 1. The number of aromatic amines is 2. The average molecular weight is 541 g/mol. The third kappa shape index (κ3) is 5.37. The molecule has 2 aliphatic rings. The Kier molecular flexibility index (Phi) is 8.02. The monoisotopic (exact) mass is 540 g/mol.